The zero-order valence-electron chi connectivity index (χ0n) is 14.7. The van der Waals surface area contributed by atoms with E-state index in [1.54, 1.807) is 23.0 Å². The van der Waals surface area contributed by atoms with Crippen molar-refractivity contribution >= 4 is 11.0 Å². The number of hydrogen-bond acceptors (Lipinski definition) is 4. The first-order chi connectivity index (χ1) is 13.1. The van der Waals surface area contributed by atoms with E-state index in [1.807, 2.05) is 18.2 Å². The minimum atomic E-state index is -0.866. The normalized spacial score (nSPS) is 19.8. The first-order valence-electron chi connectivity index (χ1n) is 9.11. The second-order valence-corrected chi connectivity index (χ2v) is 7.34. The summed E-state index contributed by atoms with van der Waals surface area (Å²) in [5, 5.41) is 0. The van der Waals surface area contributed by atoms with Crippen LogP contribution in [-0.2, 0) is 13.0 Å². The molecule has 0 saturated heterocycles. The standard InChI is InChI=1S/C21H17FN4O/c22-17-6-7-18-25-16-11-14(4-5-15-3-1-2-10-23-15)12-24-19(16)20(27)26(18)13-21(17)8-9-21/h1-3,10-12,17H,6-9,13H2. The molecule has 1 aliphatic heterocycles. The van der Waals surface area contributed by atoms with Gasteiger partial charge in [0.25, 0.3) is 5.56 Å². The molecule has 1 spiro atoms. The summed E-state index contributed by atoms with van der Waals surface area (Å²) in [5.41, 5.74) is 1.62. The fourth-order valence-corrected chi connectivity index (χ4v) is 3.75. The van der Waals surface area contributed by atoms with E-state index in [4.69, 9.17) is 0 Å². The molecule has 6 heteroatoms. The van der Waals surface area contributed by atoms with Crippen LogP contribution in [0.2, 0.25) is 0 Å². The number of halogens is 1. The molecule has 0 amide bonds. The van der Waals surface area contributed by atoms with E-state index in [2.05, 4.69) is 26.8 Å². The van der Waals surface area contributed by atoms with E-state index in [0.717, 1.165) is 12.8 Å². The van der Waals surface area contributed by atoms with Gasteiger partial charge in [-0.3, -0.25) is 9.36 Å². The van der Waals surface area contributed by atoms with Crippen molar-refractivity contribution in [2.24, 2.45) is 5.41 Å². The Morgan fingerprint density at radius 3 is 2.89 bits per heavy atom. The number of fused-ring (bicyclic) bond motifs is 2. The Morgan fingerprint density at radius 1 is 1.22 bits per heavy atom. The molecule has 0 radical (unpaired) electrons. The summed E-state index contributed by atoms with van der Waals surface area (Å²) in [7, 11) is 0. The molecule has 0 bridgehead atoms. The van der Waals surface area contributed by atoms with Gasteiger partial charge in [0.2, 0.25) is 0 Å². The SMILES string of the molecule is O=c1c2ncc(C#Cc3ccccn3)cc2nc2n1CC1(CC1)C(F)CC2. The second kappa shape index (κ2) is 5.98. The Morgan fingerprint density at radius 2 is 2.11 bits per heavy atom. The first-order valence-corrected chi connectivity index (χ1v) is 9.11. The van der Waals surface area contributed by atoms with E-state index in [0.29, 0.717) is 47.5 Å². The van der Waals surface area contributed by atoms with Crippen molar-refractivity contribution in [1.29, 1.82) is 0 Å². The molecule has 0 N–H and O–H groups in total. The lowest BCUT2D eigenvalue weighted by Crippen LogP contribution is -2.30. The van der Waals surface area contributed by atoms with Crippen LogP contribution in [0.3, 0.4) is 0 Å². The predicted octanol–water partition coefficient (Wildman–Crippen LogP) is 2.65. The highest BCUT2D eigenvalue weighted by molar-refractivity contribution is 5.74. The summed E-state index contributed by atoms with van der Waals surface area (Å²) >= 11 is 0. The molecule has 1 saturated carbocycles. The highest BCUT2D eigenvalue weighted by Gasteiger charge is 2.51. The van der Waals surface area contributed by atoms with E-state index >= 15 is 0 Å². The van der Waals surface area contributed by atoms with Crippen LogP contribution in [0.25, 0.3) is 11.0 Å². The van der Waals surface area contributed by atoms with Crippen molar-refractivity contribution in [3.8, 4) is 11.8 Å². The number of aromatic nitrogens is 4. The summed E-state index contributed by atoms with van der Waals surface area (Å²) in [6, 6.07) is 7.30. The van der Waals surface area contributed by atoms with Crippen LogP contribution in [0.5, 0.6) is 0 Å². The van der Waals surface area contributed by atoms with E-state index in [9.17, 15) is 9.18 Å². The molecule has 3 aromatic rings. The molecule has 27 heavy (non-hydrogen) atoms. The van der Waals surface area contributed by atoms with E-state index in [1.165, 1.54) is 0 Å². The smallest absolute Gasteiger partial charge is 0.280 e. The lowest BCUT2D eigenvalue weighted by atomic mass is 9.98. The van der Waals surface area contributed by atoms with E-state index in [-0.39, 0.29) is 11.0 Å². The molecule has 1 atom stereocenters. The molecule has 5 nitrogen and oxygen atoms in total. The molecule has 1 aliphatic carbocycles. The number of rotatable bonds is 0. The molecule has 0 aromatic carbocycles. The Labute approximate surface area is 155 Å². The fraction of sp³-hybridized carbons (Fsp3) is 0.333. The zero-order chi connectivity index (χ0) is 18.4. The van der Waals surface area contributed by atoms with Gasteiger partial charge >= 0.3 is 0 Å². The number of nitrogens with zero attached hydrogens (tertiary/aromatic N) is 4. The summed E-state index contributed by atoms with van der Waals surface area (Å²) in [6.45, 7) is 0.411. The van der Waals surface area contributed by atoms with Crippen LogP contribution < -0.4 is 5.56 Å². The van der Waals surface area contributed by atoms with Gasteiger partial charge in [0.15, 0.2) is 5.52 Å². The minimum absolute atomic E-state index is 0.181. The summed E-state index contributed by atoms with van der Waals surface area (Å²) in [6.07, 6.45) is 4.97. The third-order valence-corrected chi connectivity index (χ3v) is 5.53. The van der Waals surface area contributed by atoms with Crippen molar-refractivity contribution < 1.29 is 4.39 Å². The van der Waals surface area contributed by atoms with Crippen LogP contribution in [0.15, 0.2) is 41.5 Å². The lowest BCUT2D eigenvalue weighted by molar-refractivity contribution is 0.185. The molecule has 5 rings (SSSR count). The molecule has 134 valence electrons. The number of alkyl halides is 1. The van der Waals surface area contributed by atoms with E-state index < -0.39 is 6.17 Å². The number of aryl methyl sites for hydroxylation is 1. The lowest BCUT2D eigenvalue weighted by Gasteiger charge is -2.17. The Bertz CT molecular complexity index is 1160. The average Bonchev–Trinajstić information content (AvgIpc) is 3.50. The van der Waals surface area contributed by atoms with Crippen molar-refractivity contribution in [3.63, 3.8) is 0 Å². The Balaban J connectivity index is 1.57. The molecular formula is C21H17FN4O. The van der Waals surface area contributed by atoms with Crippen LogP contribution in [-0.4, -0.2) is 25.7 Å². The molecular weight excluding hydrogens is 343 g/mol. The Kier molecular flexibility index (Phi) is 3.57. The highest BCUT2D eigenvalue weighted by Crippen LogP contribution is 2.53. The average molecular weight is 360 g/mol. The Hall–Kier alpha value is -3.07. The number of hydrogen-bond donors (Lipinski definition) is 0. The maximum absolute atomic E-state index is 14.5. The third kappa shape index (κ3) is 2.80. The van der Waals surface area contributed by atoms with Crippen LogP contribution in [0.4, 0.5) is 4.39 Å². The monoisotopic (exact) mass is 360 g/mol. The quantitative estimate of drug-likeness (QED) is 0.578. The highest BCUT2D eigenvalue weighted by atomic mass is 19.1. The minimum Gasteiger partial charge on any atom is -0.294 e. The van der Waals surface area contributed by atoms with Crippen molar-refractivity contribution in [3.05, 3.63) is 64.1 Å². The topological polar surface area (TPSA) is 60.7 Å². The molecule has 2 aliphatic rings. The van der Waals surface area contributed by atoms with Gasteiger partial charge in [0, 0.05) is 36.3 Å². The molecule has 4 heterocycles. The third-order valence-electron chi connectivity index (χ3n) is 5.53. The zero-order valence-corrected chi connectivity index (χ0v) is 14.7. The van der Waals surface area contributed by atoms with Gasteiger partial charge in [-0.15, -0.1) is 0 Å². The molecule has 1 unspecified atom stereocenters. The maximum atomic E-state index is 14.5. The predicted molar refractivity (Wildman–Crippen MR) is 98.9 cm³/mol. The van der Waals surface area contributed by atoms with Crippen molar-refractivity contribution in [1.82, 2.24) is 19.5 Å². The van der Waals surface area contributed by atoms with Crippen LogP contribution in [0.1, 0.15) is 36.3 Å². The van der Waals surface area contributed by atoms with Crippen LogP contribution in [0, 0.1) is 17.3 Å². The van der Waals surface area contributed by atoms with Gasteiger partial charge in [-0.2, -0.15) is 0 Å². The van der Waals surface area contributed by atoms with Gasteiger partial charge in [0.05, 0.1) is 5.52 Å². The van der Waals surface area contributed by atoms with Crippen molar-refractivity contribution in [2.75, 3.05) is 0 Å². The fourth-order valence-electron chi connectivity index (χ4n) is 3.75. The summed E-state index contributed by atoms with van der Waals surface area (Å²) < 4.78 is 16.1. The first kappa shape index (κ1) is 16.1. The molecule has 3 aromatic heterocycles. The maximum Gasteiger partial charge on any atom is 0.280 e. The van der Waals surface area contributed by atoms with Gasteiger partial charge in [-0.05, 0) is 43.4 Å². The largest absolute Gasteiger partial charge is 0.294 e. The van der Waals surface area contributed by atoms with Gasteiger partial charge in [-0.1, -0.05) is 12.0 Å². The summed E-state index contributed by atoms with van der Waals surface area (Å²) in [4.78, 5) is 26.0. The van der Waals surface area contributed by atoms with Gasteiger partial charge in [-0.25, -0.2) is 19.3 Å². The second-order valence-electron chi connectivity index (χ2n) is 7.34. The molecule has 1 fully saturated rings. The van der Waals surface area contributed by atoms with Gasteiger partial charge < -0.3 is 0 Å². The summed E-state index contributed by atoms with van der Waals surface area (Å²) in [5.74, 6) is 6.64. The number of pyridine rings is 2. The van der Waals surface area contributed by atoms with Crippen molar-refractivity contribution in [2.45, 2.75) is 38.4 Å². The van der Waals surface area contributed by atoms with Crippen LogP contribution >= 0.6 is 0 Å². The van der Waals surface area contributed by atoms with Gasteiger partial charge in [0.1, 0.15) is 17.7 Å².